The summed E-state index contributed by atoms with van der Waals surface area (Å²) in [4.78, 5) is 2.50. The zero-order valence-electron chi connectivity index (χ0n) is 12.4. The molecule has 19 heavy (non-hydrogen) atoms. The Morgan fingerprint density at radius 3 is 2.53 bits per heavy atom. The van der Waals surface area contributed by atoms with E-state index in [1.165, 1.54) is 29.1 Å². The lowest BCUT2D eigenvalue weighted by Crippen LogP contribution is -2.30. The van der Waals surface area contributed by atoms with Gasteiger partial charge in [0.05, 0.1) is 0 Å². The zero-order chi connectivity index (χ0) is 13.7. The van der Waals surface area contributed by atoms with Crippen molar-refractivity contribution in [2.24, 2.45) is 0 Å². The van der Waals surface area contributed by atoms with E-state index in [1.807, 2.05) is 0 Å². The van der Waals surface area contributed by atoms with E-state index in [2.05, 4.69) is 67.1 Å². The summed E-state index contributed by atoms with van der Waals surface area (Å²) in [6.07, 6.45) is 1.34. The van der Waals surface area contributed by atoms with Crippen LogP contribution in [0, 0.1) is 0 Å². The van der Waals surface area contributed by atoms with Crippen LogP contribution in [0.4, 0.5) is 0 Å². The molecule has 1 aromatic carbocycles. The minimum Gasteiger partial charge on any atom is -0.310 e. The van der Waals surface area contributed by atoms with Gasteiger partial charge < -0.3 is 5.32 Å². The molecule has 1 aromatic rings. The Kier molecular flexibility index (Phi) is 5.74. The predicted octanol–water partition coefficient (Wildman–Crippen LogP) is 3.12. The lowest BCUT2D eigenvalue weighted by molar-refractivity contribution is 0.254. The lowest BCUT2D eigenvalue weighted by atomic mass is 10.1. The Bertz CT molecular complexity index is 369. The van der Waals surface area contributed by atoms with Gasteiger partial charge in [-0.3, -0.25) is 4.90 Å². The van der Waals surface area contributed by atoms with Gasteiger partial charge in [0.15, 0.2) is 0 Å². The Hall–Kier alpha value is -0.510. The van der Waals surface area contributed by atoms with Crippen LogP contribution in [0.15, 0.2) is 24.3 Å². The fourth-order valence-electron chi connectivity index (χ4n) is 2.37. The molecule has 0 bridgehead atoms. The van der Waals surface area contributed by atoms with Gasteiger partial charge in [0.25, 0.3) is 0 Å². The van der Waals surface area contributed by atoms with E-state index in [9.17, 15) is 0 Å². The molecule has 2 rings (SSSR count). The first-order valence-corrected chi connectivity index (χ1v) is 8.40. The van der Waals surface area contributed by atoms with Gasteiger partial charge in [0, 0.05) is 30.9 Å². The number of hydrogen-bond donors (Lipinski definition) is 1. The lowest BCUT2D eigenvalue weighted by Gasteiger charge is -2.23. The number of thioether (sulfide) groups is 1. The first kappa shape index (κ1) is 14.9. The normalized spacial score (nSPS) is 19.5. The second kappa shape index (κ2) is 7.32. The quantitative estimate of drug-likeness (QED) is 0.861. The van der Waals surface area contributed by atoms with E-state index in [-0.39, 0.29) is 0 Å². The van der Waals surface area contributed by atoms with Gasteiger partial charge in [-0.15, -0.1) is 0 Å². The number of nitrogens with one attached hydrogen (secondary N) is 1. The van der Waals surface area contributed by atoms with Crippen molar-refractivity contribution < 1.29 is 0 Å². The van der Waals surface area contributed by atoms with E-state index in [0.29, 0.717) is 6.04 Å². The van der Waals surface area contributed by atoms with Crippen LogP contribution in [-0.4, -0.2) is 35.5 Å². The van der Waals surface area contributed by atoms with E-state index in [4.69, 9.17) is 0 Å². The van der Waals surface area contributed by atoms with E-state index < -0.39 is 0 Å². The molecule has 1 unspecified atom stereocenters. The predicted molar refractivity (Wildman–Crippen MR) is 85.6 cm³/mol. The van der Waals surface area contributed by atoms with Gasteiger partial charge in [-0.1, -0.05) is 38.1 Å². The SMILES string of the molecule is CC(C)NCc1ccc(CN(C)C2CCSC2)cc1. The molecule has 1 heterocycles. The second-order valence-electron chi connectivity index (χ2n) is 5.78. The summed E-state index contributed by atoms with van der Waals surface area (Å²) in [6.45, 7) is 6.40. The molecule has 106 valence electrons. The Balaban J connectivity index is 1.83. The number of benzene rings is 1. The van der Waals surface area contributed by atoms with Crippen molar-refractivity contribution >= 4 is 11.8 Å². The summed E-state index contributed by atoms with van der Waals surface area (Å²) in [5.74, 6) is 2.63. The molecule has 0 aliphatic carbocycles. The minimum atomic E-state index is 0.547. The largest absolute Gasteiger partial charge is 0.310 e. The van der Waals surface area contributed by atoms with Crippen LogP contribution < -0.4 is 5.32 Å². The summed E-state index contributed by atoms with van der Waals surface area (Å²) in [6, 6.07) is 10.4. The van der Waals surface area contributed by atoms with Crippen LogP contribution in [-0.2, 0) is 13.1 Å². The molecule has 1 fully saturated rings. The summed E-state index contributed by atoms with van der Waals surface area (Å²) >= 11 is 2.08. The third kappa shape index (κ3) is 4.83. The van der Waals surface area contributed by atoms with Crippen molar-refractivity contribution in [1.29, 1.82) is 0 Å². The number of hydrogen-bond acceptors (Lipinski definition) is 3. The highest BCUT2D eigenvalue weighted by molar-refractivity contribution is 7.99. The first-order valence-electron chi connectivity index (χ1n) is 7.24. The highest BCUT2D eigenvalue weighted by Crippen LogP contribution is 2.22. The maximum Gasteiger partial charge on any atom is 0.0233 e. The van der Waals surface area contributed by atoms with Crippen molar-refractivity contribution in [1.82, 2.24) is 10.2 Å². The summed E-state index contributed by atoms with van der Waals surface area (Å²) in [5.41, 5.74) is 2.80. The fourth-order valence-corrected chi connectivity index (χ4v) is 3.67. The van der Waals surface area contributed by atoms with Crippen molar-refractivity contribution in [2.45, 2.75) is 45.4 Å². The average Bonchev–Trinajstić information content (AvgIpc) is 2.92. The molecule has 1 aliphatic rings. The monoisotopic (exact) mass is 278 g/mol. The molecule has 1 saturated heterocycles. The van der Waals surface area contributed by atoms with Crippen LogP contribution in [0.5, 0.6) is 0 Å². The van der Waals surface area contributed by atoms with Gasteiger partial charge >= 0.3 is 0 Å². The molecule has 1 N–H and O–H groups in total. The minimum absolute atomic E-state index is 0.547. The average molecular weight is 278 g/mol. The van der Waals surface area contributed by atoms with Gasteiger partial charge in [-0.05, 0) is 30.3 Å². The highest BCUT2D eigenvalue weighted by atomic mass is 32.2. The van der Waals surface area contributed by atoms with Crippen molar-refractivity contribution in [3.63, 3.8) is 0 Å². The fraction of sp³-hybridized carbons (Fsp3) is 0.625. The Labute approximate surface area is 122 Å². The molecule has 2 nitrogen and oxygen atoms in total. The molecule has 0 radical (unpaired) electrons. The number of rotatable bonds is 6. The van der Waals surface area contributed by atoms with Crippen LogP contribution in [0.25, 0.3) is 0 Å². The van der Waals surface area contributed by atoms with Crippen LogP contribution in [0.2, 0.25) is 0 Å². The van der Waals surface area contributed by atoms with E-state index >= 15 is 0 Å². The van der Waals surface area contributed by atoms with Crippen LogP contribution >= 0.6 is 11.8 Å². The molecule has 3 heteroatoms. The zero-order valence-corrected chi connectivity index (χ0v) is 13.2. The van der Waals surface area contributed by atoms with Crippen LogP contribution in [0.3, 0.4) is 0 Å². The van der Waals surface area contributed by atoms with E-state index in [1.54, 1.807) is 0 Å². The third-order valence-electron chi connectivity index (χ3n) is 3.70. The van der Waals surface area contributed by atoms with Crippen molar-refractivity contribution in [2.75, 3.05) is 18.6 Å². The molecular formula is C16H26N2S. The molecule has 1 aliphatic heterocycles. The molecule has 0 aromatic heterocycles. The van der Waals surface area contributed by atoms with Gasteiger partial charge in [-0.2, -0.15) is 11.8 Å². The van der Waals surface area contributed by atoms with E-state index in [0.717, 1.165) is 19.1 Å². The topological polar surface area (TPSA) is 15.3 Å². The molecule has 0 amide bonds. The Morgan fingerprint density at radius 1 is 1.26 bits per heavy atom. The maximum atomic E-state index is 3.45. The summed E-state index contributed by atoms with van der Waals surface area (Å²) in [5, 5.41) is 3.45. The van der Waals surface area contributed by atoms with Crippen molar-refractivity contribution in [3.8, 4) is 0 Å². The summed E-state index contributed by atoms with van der Waals surface area (Å²) < 4.78 is 0. The summed E-state index contributed by atoms with van der Waals surface area (Å²) in [7, 11) is 2.25. The standard InChI is InChI=1S/C16H26N2S/c1-13(2)17-10-14-4-6-15(7-5-14)11-18(3)16-8-9-19-12-16/h4-7,13,16-17H,8-12H2,1-3H3. The molecule has 0 spiro atoms. The number of nitrogens with zero attached hydrogens (tertiary/aromatic N) is 1. The smallest absolute Gasteiger partial charge is 0.0233 e. The second-order valence-corrected chi connectivity index (χ2v) is 6.93. The van der Waals surface area contributed by atoms with Gasteiger partial charge in [-0.25, -0.2) is 0 Å². The Morgan fingerprint density at radius 2 is 1.95 bits per heavy atom. The maximum absolute atomic E-state index is 3.45. The molecule has 0 saturated carbocycles. The van der Waals surface area contributed by atoms with Gasteiger partial charge in [0.2, 0.25) is 0 Å². The van der Waals surface area contributed by atoms with Gasteiger partial charge in [0.1, 0.15) is 0 Å². The van der Waals surface area contributed by atoms with Crippen LogP contribution in [0.1, 0.15) is 31.4 Å². The first-order chi connectivity index (χ1) is 9.15. The highest BCUT2D eigenvalue weighted by Gasteiger charge is 2.19. The molecular weight excluding hydrogens is 252 g/mol. The van der Waals surface area contributed by atoms with Crippen molar-refractivity contribution in [3.05, 3.63) is 35.4 Å². The third-order valence-corrected chi connectivity index (χ3v) is 4.84. The molecule has 1 atom stereocenters.